The molecule has 0 bridgehead atoms. The summed E-state index contributed by atoms with van der Waals surface area (Å²) < 4.78 is 13.2. The summed E-state index contributed by atoms with van der Waals surface area (Å²) in [5, 5.41) is 13.2. The van der Waals surface area contributed by atoms with Gasteiger partial charge in [-0.15, -0.1) is 56.7 Å². The first-order valence-electron chi connectivity index (χ1n) is 25.7. The second-order valence-corrected chi connectivity index (χ2v) is 27.6. The highest BCUT2D eigenvalue weighted by atomic mass is 32.1. The van der Waals surface area contributed by atoms with Crippen LogP contribution < -0.4 is 9.80 Å². The quantitative estimate of drug-likeness (QED) is 0.164. The number of rotatable bonds is 6. The molecule has 362 valence electrons. The Labute approximate surface area is 455 Å². The molecule has 10 aromatic carbocycles. The van der Waals surface area contributed by atoms with E-state index in [9.17, 15) is 0 Å². The third kappa shape index (κ3) is 7.42. The molecule has 5 aromatic heterocycles. The van der Waals surface area contributed by atoms with Gasteiger partial charge in [0, 0.05) is 135 Å². The van der Waals surface area contributed by atoms with Crippen LogP contribution in [0.3, 0.4) is 0 Å². The van der Waals surface area contributed by atoms with Crippen molar-refractivity contribution in [1.29, 1.82) is 0 Å². The van der Waals surface area contributed by atoms with Gasteiger partial charge in [0.25, 0.3) is 0 Å². The number of hydrogen-bond donors (Lipinski definition) is 0. The van der Waals surface area contributed by atoms with Gasteiger partial charge in [-0.2, -0.15) is 0 Å². The highest BCUT2D eigenvalue weighted by Gasteiger charge is 2.22. The van der Waals surface area contributed by atoms with E-state index in [-0.39, 0.29) is 10.8 Å². The largest absolute Gasteiger partial charge is 0.310 e. The van der Waals surface area contributed by atoms with Crippen molar-refractivity contribution >= 4 is 192 Å². The lowest BCUT2D eigenvalue weighted by Crippen LogP contribution is -2.13. The van der Waals surface area contributed by atoms with Crippen LogP contribution in [0.2, 0.25) is 0 Å². The van der Waals surface area contributed by atoms with E-state index in [0.717, 1.165) is 11.4 Å². The van der Waals surface area contributed by atoms with Gasteiger partial charge in [0.05, 0.1) is 0 Å². The van der Waals surface area contributed by atoms with Crippen LogP contribution >= 0.6 is 56.7 Å². The summed E-state index contributed by atoms with van der Waals surface area (Å²) in [4.78, 5) is 4.89. The second kappa shape index (κ2) is 16.7. The Balaban J connectivity index is 0.820. The van der Waals surface area contributed by atoms with Crippen LogP contribution in [0.1, 0.15) is 52.7 Å². The third-order valence-corrected chi connectivity index (χ3v) is 21.0. The summed E-state index contributed by atoms with van der Waals surface area (Å²) in [6, 6.07) is 74.0. The monoisotopic (exact) mass is 1050 g/mol. The van der Waals surface area contributed by atoms with Gasteiger partial charge in [-0.3, -0.25) is 0 Å². The fourth-order valence-corrected chi connectivity index (χ4v) is 17.1. The summed E-state index contributed by atoms with van der Waals surface area (Å²) >= 11 is 9.50. The summed E-state index contributed by atoms with van der Waals surface area (Å²) in [5.74, 6) is 0. The number of hydrogen-bond acceptors (Lipinski definition) is 7. The molecule has 75 heavy (non-hydrogen) atoms. The Morgan fingerprint density at radius 1 is 0.227 bits per heavy atom. The standard InChI is InChI=1S/C68H50N2S5/c1-67(2,3)39-15-19-41(20-16-39)69(43-23-27-49-47-11-7-9-13-57(47)71-59(49)31-43)45-25-29-51-53-35-65-55(37-63(53)73-61(51)33-45)56-38-64-54(36-66(56)75-65)52-30-26-46(34-62(52)74-64)70(42-21-17-40(18-22-42)68(4,5)6)44-24-28-50-48-12-8-10-14-58(48)72-60(50)32-44/h7-38H,1-6H3. The molecule has 0 aliphatic carbocycles. The minimum atomic E-state index is 0.0721. The van der Waals surface area contributed by atoms with Crippen LogP contribution in [0.15, 0.2) is 194 Å². The fraction of sp³-hybridized carbons (Fsp3) is 0.118. The first-order chi connectivity index (χ1) is 36.4. The van der Waals surface area contributed by atoms with Crippen LogP contribution in [0, 0.1) is 0 Å². The third-order valence-electron chi connectivity index (χ3n) is 15.4. The smallest absolute Gasteiger partial charge is 0.0476 e. The van der Waals surface area contributed by atoms with E-state index in [1.165, 1.54) is 135 Å². The topological polar surface area (TPSA) is 6.48 Å². The molecule has 0 unspecified atom stereocenters. The van der Waals surface area contributed by atoms with Crippen LogP contribution in [-0.4, -0.2) is 0 Å². The maximum atomic E-state index is 2.47. The molecule has 0 saturated heterocycles. The number of thiophene rings is 5. The highest BCUT2D eigenvalue weighted by Crippen LogP contribution is 2.49. The number of benzene rings is 10. The summed E-state index contributed by atoms with van der Waals surface area (Å²) in [6.45, 7) is 13.7. The molecule has 0 aliphatic heterocycles. The van der Waals surface area contributed by atoms with Gasteiger partial charge >= 0.3 is 0 Å². The molecule has 15 aromatic rings. The molecule has 0 aliphatic rings. The van der Waals surface area contributed by atoms with Crippen molar-refractivity contribution in [3.05, 3.63) is 205 Å². The van der Waals surface area contributed by atoms with Gasteiger partial charge in [-0.1, -0.05) is 126 Å². The van der Waals surface area contributed by atoms with Gasteiger partial charge in [0.1, 0.15) is 0 Å². The van der Waals surface area contributed by atoms with Crippen molar-refractivity contribution in [2.75, 3.05) is 9.80 Å². The maximum absolute atomic E-state index is 2.47. The first-order valence-corrected chi connectivity index (χ1v) is 29.8. The molecule has 0 fully saturated rings. The molecule has 0 amide bonds. The maximum Gasteiger partial charge on any atom is 0.0476 e. The van der Waals surface area contributed by atoms with Crippen molar-refractivity contribution in [2.24, 2.45) is 0 Å². The van der Waals surface area contributed by atoms with Gasteiger partial charge in [-0.05, 0) is 131 Å². The van der Waals surface area contributed by atoms with Crippen LogP contribution in [0.25, 0.3) is 101 Å². The lowest BCUT2D eigenvalue weighted by atomic mass is 9.87. The molecule has 0 atom stereocenters. The van der Waals surface area contributed by atoms with E-state index in [4.69, 9.17) is 0 Å². The van der Waals surface area contributed by atoms with Crippen molar-refractivity contribution in [3.63, 3.8) is 0 Å². The van der Waals surface area contributed by atoms with E-state index >= 15 is 0 Å². The Morgan fingerprint density at radius 3 is 0.787 bits per heavy atom. The normalized spacial score (nSPS) is 12.7. The number of fused-ring (bicyclic) bond motifs is 15. The van der Waals surface area contributed by atoms with Crippen LogP contribution in [0.5, 0.6) is 0 Å². The molecular weight excluding hydrogens is 1010 g/mol. The zero-order chi connectivity index (χ0) is 50.5. The highest BCUT2D eigenvalue weighted by molar-refractivity contribution is 7.29. The van der Waals surface area contributed by atoms with Crippen molar-refractivity contribution < 1.29 is 0 Å². The van der Waals surface area contributed by atoms with Crippen molar-refractivity contribution in [1.82, 2.24) is 0 Å². The van der Waals surface area contributed by atoms with E-state index in [1.54, 1.807) is 0 Å². The molecule has 0 radical (unpaired) electrons. The molecule has 15 rings (SSSR count). The Morgan fingerprint density at radius 2 is 0.467 bits per heavy atom. The Kier molecular flexibility index (Phi) is 10.1. The van der Waals surface area contributed by atoms with Crippen molar-refractivity contribution in [2.45, 2.75) is 52.4 Å². The summed E-state index contributed by atoms with van der Waals surface area (Å²) in [7, 11) is 0. The van der Waals surface area contributed by atoms with E-state index in [1.807, 2.05) is 56.7 Å². The lowest BCUT2D eigenvalue weighted by Gasteiger charge is -2.27. The van der Waals surface area contributed by atoms with Crippen LogP contribution in [0.4, 0.5) is 34.1 Å². The first kappa shape index (κ1) is 45.3. The number of nitrogens with zero attached hydrogens (tertiary/aromatic N) is 2. The van der Waals surface area contributed by atoms with Crippen LogP contribution in [-0.2, 0) is 10.8 Å². The second-order valence-electron chi connectivity index (χ2n) is 22.2. The van der Waals surface area contributed by atoms with Gasteiger partial charge in [0.15, 0.2) is 0 Å². The molecular formula is C68H50N2S5. The van der Waals surface area contributed by atoms with Gasteiger partial charge in [-0.25, -0.2) is 0 Å². The predicted molar refractivity (Wildman–Crippen MR) is 338 cm³/mol. The number of anilines is 6. The summed E-state index contributed by atoms with van der Waals surface area (Å²) in [5.41, 5.74) is 9.80. The molecule has 0 N–H and O–H groups in total. The minimum absolute atomic E-state index is 0.0721. The molecule has 0 spiro atoms. The Bertz CT molecular complexity index is 4490. The molecule has 7 heteroatoms. The Hall–Kier alpha value is -7.10. The zero-order valence-electron chi connectivity index (χ0n) is 42.4. The summed E-state index contributed by atoms with van der Waals surface area (Å²) in [6.07, 6.45) is 0. The molecule has 2 nitrogen and oxygen atoms in total. The lowest BCUT2D eigenvalue weighted by molar-refractivity contribution is 0.590. The fourth-order valence-electron chi connectivity index (χ4n) is 11.4. The SMILES string of the molecule is CC(C)(C)c1ccc(N(c2ccc3c(c2)sc2ccccc23)c2ccc3c(c2)sc2cc4c(cc23)sc2cc3c(cc24)sc2cc(N(c4ccc(C(C)(C)C)cc4)c4ccc5c(c4)sc4ccccc45)ccc23)cc1. The molecule has 5 heterocycles. The average molecular weight is 1060 g/mol. The van der Waals surface area contributed by atoms with Crippen molar-refractivity contribution in [3.8, 4) is 0 Å². The molecule has 0 saturated carbocycles. The average Bonchev–Trinajstić information content (AvgIpc) is 4.26. The van der Waals surface area contributed by atoms with E-state index < -0.39 is 0 Å². The van der Waals surface area contributed by atoms with E-state index in [2.05, 4.69) is 245 Å². The van der Waals surface area contributed by atoms with Gasteiger partial charge in [0.2, 0.25) is 0 Å². The van der Waals surface area contributed by atoms with Gasteiger partial charge < -0.3 is 9.80 Å². The predicted octanol–water partition coefficient (Wildman–Crippen LogP) is 23.1. The van der Waals surface area contributed by atoms with E-state index in [0.29, 0.717) is 0 Å². The minimum Gasteiger partial charge on any atom is -0.310 e. The zero-order valence-corrected chi connectivity index (χ0v) is 46.5.